The molecule has 1 amide bonds. The van der Waals surface area contributed by atoms with Crippen molar-refractivity contribution in [3.63, 3.8) is 0 Å². The van der Waals surface area contributed by atoms with Crippen LogP contribution >= 0.6 is 0 Å². The Labute approximate surface area is 119 Å². The number of hydrogen-bond acceptors (Lipinski definition) is 5. The maximum atomic E-state index is 11.5. The summed E-state index contributed by atoms with van der Waals surface area (Å²) in [4.78, 5) is 20.5. The molecule has 0 aliphatic carbocycles. The number of nitrogens with zero attached hydrogens (tertiary/aromatic N) is 3. The van der Waals surface area contributed by atoms with Crippen LogP contribution in [0, 0.1) is 0 Å². The van der Waals surface area contributed by atoms with Gasteiger partial charge in [-0.2, -0.15) is 0 Å². The Morgan fingerprint density at radius 2 is 2.15 bits per heavy atom. The second kappa shape index (κ2) is 6.78. The van der Waals surface area contributed by atoms with Gasteiger partial charge in [0.25, 0.3) is 5.91 Å². The van der Waals surface area contributed by atoms with Gasteiger partial charge in [-0.1, -0.05) is 6.07 Å². The highest BCUT2D eigenvalue weighted by Gasteiger charge is 2.20. The molecule has 0 aromatic carbocycles. The summed E-state index contributed by atoms with van der Waals surface area (Å²) < 4.78 is 0. The fourth-order valence-electron chi connectivity index (χ4n) is 2.59. The number of likely N-dealkylation sites (tertiary alicyclic amines) is 1. The number of nitrogens with one attached hydrogen (secondary N) is 1. The highest BCUT2D eigenvalue weighted by Crippen LogP contribution is 2.16. The van der Waals surface area contributed by atoms with Crippen molar-refractivity contribution < 1.29 is 4.79 Å². The molecule has 110 valence electrons. The third-order valence-electron chi connectivity index (χ3n) is 3.84. The van der Waals surface area contributed by atoms with Crippen molar-refractivity contribution in [2.45, 2.75) is 25.4 Å². The Kier molecular flexibility index (Phi) is 5.05. The van der Waals surface area contributed by atoms with Gasteiger partial charge in [-0.15, -0.1) is 0 Å². The largest absolute Gasteiger partial charge is 0.306 e. The molecule has 1 fully saturated rings. The maximum Gasteiger partial charge on any atom is 0.283 e. The quantitative estimate of drug-likeness (QED) is 0.467. The third kappa shape index (κ3) is 3.75. The van der Waals surface area contributed by atoms with Crippen LogP contribution in [0.15, 0.2) is 18.2 Å². The van der Waals surface area contributed by atoms with E-state index in [0.29, 0.717) is 11.7 Å². The van der Waals surface area contributed by atoms with Gasteiger partial charge in [-0.25, -0.2) is 10.8 Å². The predicted octanol–water partition coefficient (Wildman–Crippen LogP) is 0.211. The zero-order valence-corrected chi connectivity index (χ0v) is 12.2. The summed E-state index contributed by atoms with van der Waals surface area (Å²) in [7, 11) is 4.27. The van der Waals surface area contributed by atoms with Crippen molar-refractivity contribution in [3.8, 4) is 0 Å². The van der Waals surface area contributed by atoms with Crippen molar-refractivity contribution in [3.05, 3.63) is 29.6 Å². The molecule has 0 spiro atoms. The molecule has 1 aliphatic heterocycles. The lowest BCUT2D eigenvalue weighted by Gasteiger charge is -2.35. The molecule has 0 atom stereocenters. The van der Waals surface area contributed by atoms with Gasteiger partial charge >= 0.3 is 0 Å². The third-order valence-corrected chi connectivity index (χ3v) is 3.84. The number of pyridine rings is 1. The molecule has 0 radical (unpaired) electrons. The summed E-state index contributed by atoms with van der Waals surface area (Å²) in [6.07, 6.45) is 2.35. The molecule has 20 heavy (non-hydrogen) atoms. The van der Waals surface area contributed by atoms with Crippen LogP contribution in [0.5, 0.6) is 0 Å². The minimum absolute atomic E-state index is 0.349. The Balaban J connectivity index is 1.93. The highest BCUT2D eigenvalue weighted by atomic mass is 16.2. The molecule has 0 bridgehead atoms. The van der Waals surface area contributed by atoms with E-state index in [1.54, 1.807) is 6.07 Å². The molecule has 6 nitrogen and oxygen atoms in total. The molecule has 6 heteroatoms. The van der Waals surface area contributed by atoms with Gasteiger partial charge in [0, 0.05) is 25.7 Å². The molecule has 1 saturated heterocycles. The second-order valence-corrected chi connectivity index (χ2v) is 5.46. The van der Waals surface area contributed by atoms with Crippen LogP contribution < -0.4 is 11.3 Å². The standard InChI is InChI=1S/C14H23N5O/c1-18(2)12-6-8-19(9-7-12)10-11-4-3-5-13(16-11)14(20)17-15/h3-5,12H,6-10,15H2,1-2H3,(H,17,20). The van der Waals surface area contributed by atoms with E-state index in [9.17, 15) is 4.79 Å². The molecule has 2 heterocycles. The van der Waals surface area contributed by atoms with E-state index in [4.69, 9.17) is 5.84 Å². The van der Waals surface area contributed by atoms with Crippen molar-refractivity contribution in [2.75, 3.05) is 27.2 Å². The van der Waals surface area contributed by atoms with Crippen LogP contribution in [0.4, 0.5) is 0 Å². The maximum absolute atomic E-state index is 11.5. The van der Waals surface area contributed by atoms with E-state index in [1.807, 2.05) is 12.1 Å². The predicted molar refractivity (Wildman–Crippen MR) is 77.9 cm³/mol. The van der Waals surface area contributed by atoms with Gasteiger partial charge in [-0.05, 0) is 39.1 Å². The Morgan fingerprint density at radius 3 is 2.75 bits per heavy atom. The number of aromatic nitrogens is 1. The topological polar surface area (TPSA) is 74.5 Å². The van der Waals surface area contributed by atoms with E-state index in [0.717, 1.165) is 25.3 Å². The molecule has 1 aromatic heterocycles. The second-order valence-electron chi connectivity index (χ2n) is 5.46. The molecule has 1 aromatic rings. The lowest BCUT2D eigenvalue weighted by molar-refractivity contribution is 0.0947. The highest BCUT2D eigenvalue weighted by molar-refractivity contribution is 5.91. The van der Waals surface area contributed by atoms with E-state index in [2.05, 4.69) is 34.3 Å². The summed E-state index contributed by atoms with van der Waals surface area (Å²) in [5.41, 5.74) is 3.39. The molecule has 3 N–H and O–H groups in total. The number of nitrogens with two attached hydrogens (primary N) is 1. The van der Waals surface area contributed by atoms with Crippen LogP contribution in [0.3, 0.4) is 0 Å². The van der Waals surface area contributed by atoms with Crippen molar-refractivity contribution in [2.24, 2.45) is 5.84 Å². The summed E-state index contributed by atoms with van der Waals surface area (Å²) in [5, 5.41) is 0. The summed E-state index contributed by atoms with van der Waals surface area (Å²) in [6, 6.07) is 6.14. The van der Waals surface area contributed by atoms with Crippen molar-refractivity contribution in [1.29, 1.82) is 0 Å². The zero-order valence-electron chi connectivity index (χ0n) is 12.2. The lowest BCUT2D eigenvalue weighted by atomic mass is 10.0. The van der Waals surface area contributed by atoms with Gasteiger partial charge in [0.1, 0.15) is 5.69 Å². The molecule has 2 rings (SSSR count). The average Bonchev–Trinajstić information content (AvgIpc) is 2.47. The first kappa shape index (κ1) is 14.9. The van der Waals surface area contributed by atoms with Crippen LogP contribution in [0.2, 0.25) is 0 Å². The smallest absolute Gasteiger partial charge is 0.283 e. The number of rotatable bonds is 4. The number of piperidine rings is 1. The monoisotopic (exact) mass is 277 g/mol. The van der Waals surface area contributed by atoms with Crippen molar-refractivity contribution >= 4 is 5.91 Å². The fourth-order valence-corrected chi connectivity index (χ4v) is 2.59. The number of hydrogen-bond donors (Lipinski definition) is 2. The molecular formula is C14H23N5O. The van der Waals surface area contributed by atoms with Gasteiger partial charge < -0.3 is 4.90 Å². The lowest BCUT2D eigenvalue weighted by Crippen LogP contribution is -2.41. The number of amides is 1. The fraction of sp³-hybridized carbons (Fsp3) is 0.571. The van der Waals surface area contributed by atoms with Crippen LogP contribution in [0.1, 0.15) is 29.0 Å². The minimum atomic E-state index is -0.349. The van der Waals surface area contributed by atoms with E-state index < -0.39 is 0 Å². The Bertz CT molecular complexity index is 455. The van der Waals surface area contributed by atoms with Gasteiger partial charge in [-0.3, -0.25) is 15.1 Å². The van der Waals surface area contributed by atoms with E-state index in [-0.39, 0.29) is 5.91 Å². The molecule has 0 unspecified atom stereocenters. The number of hydrazine groups is 1. The van der Waals surface area contributed by atoms with Gasteiger partial charge in [0.2, 0.25) is 0 Å². The number of nitrogen functional groups attached to an aromatic ring is 1. The summed E-state index contributed by atoms with van der Waals surface area (Å²) in [5.74, 6) is 4.78. The van der Waals surface area contributed by atoms with Gasteiger partial charge in [0.15, 0.2) is 0 Å². The Hall–Kier alpha value is -1.50. The first-order valence-corrected chi connectivity index (χ1v) is 6.96. The van der Waals surface area contributed by atoms with E-state index >= 15 is 0 Å². The van der Waals surface area contributed by atoms with Crippen molar-refractivity contribution in [1.82, 2.24) is 20.2 Å². The first-order chi connectivity index (χ1) is 9.60. The average molecular weight is 277 g/mol. The normalized spacial score (nSPS) is 17.4. The zero-order chi connectivity index (χ0) is 14.5. The number of carbonyl (C=O) groups is 1. The summed E-state index contributed by atoms with van der Waals surface area (Å²) >= 11 is 0. The number of carbonyl (C=O) groups excluding carboxylic acids is 1. The first-order valence-electron chi connectivity index (χ1n) is 6.96. The SMILES string of the molecule is CN(C)C1CCN(Cc2cccc(C(=O)NN)n2)CC1. The van der Waals surface area contributed by atoms with Crippen LogP contribution in [0.25, 0.3) is 0 Å². The van der Waals surface area contributed by atoms with Crippen LogP contribution in [-0.2, 0) is 6.54 Å². The molecular weight excluding hydrogens is 254 g/mol. The minimum Gasteiger partial charge on any atom is -0.306 e. The van der Waals surface area contributed by atoms with Crippen LogP contribution in [-0.4, -0.2) is 53.9 Å². The van der Waals surface area contributed by atoms with Gasteiger partial charge in [0.05, 0.1) is 5.69 Å². The summed E-state index contributed by atoms with van der Waals surface area (Å²) in [6.45, 7) is 2.92. The van der Waals surface area contributed by atoms with E-state index in [1.165, 1.54) is 12.8 Å². The molecule has 1 aliphatic rings. The molecule has 0 saturated carbocycles. The Morgan fingerprint density at radius 1 is 1.45 bits per heavy atom.